The molecule has 6 heteroatoms. The molecule has 0 bridgehead atoms. The van der Waals surface area contributed by atoms with Crippen LogP contribution < -0.4 is 10.1 Å². The molecule has 0 atom stereocenters. The van der Waals surface area contributed by atoms with Gasteiger partial charge < -0.3 is 10.1 Å². The first-order valence-corrected chi connectivity index (χ1v) is 4.78. The van der Waals surface area contributed by atoms with E-state index < -0.39 is 0 Å². The highest BCUT2D eigenvalue weighted by atomic mass is 16.5. The van der Waals surface area contributed by atoms with E-state index in [-0.39, 0.29) is 12.5 Å². The van der Waals surface area contributed by atoms with Gasteiger partial charge in [-0.2, -0.15) is 0 Å². The molecule has 6 nitrogen and oxygen atoms in total. The number of benzene rings is 1. The van der Waals surface area contributed by atoms with Crippen LogP contribution in [-0.4, -0.2) is 25.6 Å². The number of amides is 1. The van der Waals surface area contributed by atoms with Gasteiger partial charge in [-0.15, -0.1) is 0 Å². The molecule has 0 aliphatic heterocycles. The average Bonchev–Trinajstić information content (AvgIpc) is 2.33. The van der Waals surface area contributed by atoms with Crippen LogP contribution in [0.3, 0.4) is 0 Å². The highest BCUT2D eigenvalue weighted by molar-refractivity contribution is 5.78. The molecule has 1 aromatic carbocycles. The second kappa shape index (κ2) is 7.14. The maximum Gasteiger partial charge on any atom is 0.225 e. The number of hydrogen-bond donors (Lipinski definition) is 1. The molecule has 0 aromatic heterocycles. The predicted octanol–water partition coefficient (Wildman–Crippen LogP) is 1.49. The Labute approximate surface area is 92.8 Å². The topological polar surface area (TPSA) is 87.1 Å². The molecule has 84 valence electrons. The highest BCUT2D eigenvalue weighted by Gasteiger charge is 1.97. The minimum Gasteiger partial charge on any atom is -0.492 e. The Hall–Kier alpha value is -2.20. The molecule has 16 heavy (non-hydrogen) atoms. The number of carbonyl (C=O) groups excluding carboxylic acids is 1. The lowest BCUT2D eigenvalue weighted by molar-refractivity contribution is -0.119. The quantitative estimate of drug-likeness (QED) is 0.341. The Morgan fingerprint density at radius 3 is 2.88 bits per heavy atom. The lowest BCUT2D eigenvalue weighted by Crippen LogP contribution is -2.29. The molecule has 1 aromatic rings. The Balaban J connectivity index is 2.12. The zero-order valence-corrected chi connectivity index (χ0v) is 8.67. The first-order valence-electron chi connectivity index (χ1n) is 4.78. The Morgan fingerprint density at radius 1 is 1.44 bits per heavy atom. The molecule has 1 amide bonds. The third kappa shape index (κ3) is 4.88. The normalized spacial score (nSPS) is 9.00. The van der Waals surface area contributed by atoms with Crippen molar-refractivity contribution in [3.63, 3.8) is 0 Å². The lowest BCUT2D eigenvalue weighted by Gasteiger charge is -2.06. The number of ether oxygens (including phenoxy) is 1. The van der Waals surface area contributed by atoms with Crippen LogP contribution in [0.4, 0.5) is 0 Å². The summed E-state index contributed by atoms with van der Waals surface area (Å²) in [6.07, 6.45) is 0. The van der Waals surface area contributed by atoms with Crippen molar-refractivity contribution in [1.82, 2.24) is 5.32 Å². The summed E-state index contributed by atoms with van der Waals surface area (Å²) in [5, 5.41) is 5.70. The molecule has 0 unspecified atom stereocenters. The average molecular weight is 220 g/mol. The summed E-state index contributed by atoms with van der Waals surface area (Å²) in [4.78, 5) is 13.5. The fourth-order valence-corrected chi connectivity index (χ4v) is 1.03. The smallest absolute Gasteiger partial charge is 0.225 e. The second-order valence-corrected chi connectivity index (χ2v) is 2.90. The largest absolute Gasteiger partial charge is 0.492 e. The van der Waals surface area contributed by atoms with E-state index in [0.29, 0.717) is 13.2 Å². The van der Waals surface area contributed by atoms with E-state index >= 15 is 0 Å². The van der Waals surface area contributed by atoms with Crippen LogP contribution in [0.5, 0.6) is 5.75 Å². The minimum atomic E-state index is -0.311. The van der Waals surface area contributed by atoms with Gasteiger partial charge in [0.15, 0.2) is 0 Å². The maximum atomic E-state index is 11.0. The van der Waals surface area contributed by atoms with Crippen molar-refractivity contribution in [2.24, 2.45) is 5.11 Å². The molecule has 0 spiro atoms. The van der Waals surface area contributed by atoms with Crippen molar-refractivity contribution in [1.29, 1.82) is 0 Å². The number of nitrogens with one attached hydrogen (secondary N) is 1. The third-order valence-corrected chi connectivity index (χ3v) is 1.71. The molecule has 1 N–H and O–H groups in total. The first-order chi connectivity index (χ1) is 7.83. The van der Waals surface area contributed by atoms with Crippen LogP contribution in [0, 0.1) is 0 Å². The Kier molecular flexibility index (Phi) is 5.30. The van der Waals surface area contributed by atoms with E-state index in [4.69, 9.17) is 10.3 Å². The van der Waals surface area contributed by atoms with Gasteiger partial charge in [0.2, 0.25) is 5.91 Å². The standard InChI is InChI=1S/C10H12N4O2/c11-14-13-8-10(15)12-6-7-16-9-4-2-1-3-5-9/h1-5H,6-8H2,(H,12,15). The SMILES string of the molecule is [N-]=[N+]=NCC(=O)NCCOc1ccccc1. The predicted molar refractivity (Wildman–Crippen MR) is 59.0 cm³/mol. The zero-order chi connectivity index (χ0) is 11.6. The molecule has 0 saturated carbocycles. The molecule has 1 rings (SSSR count). The van der Waals surface area contributed by atoms with Crippen molar-refractivity contribution >= 4 is 5.91 Å². The Morgan fingerprint density at radius 2 is 2.19 bits per heavy atom. The molecular weight excluding hydrogens is 208 g/mol. The van der Waals surface area contributed by atoms with Crippen molar-refractivity contribution in [2.45, 2.75) is 0 Å². The molecule has 0 aliphatic carbocycles. The molecule has 0 saturated heterocycles. The first kappa shape index (κ1) is 11.9. The van der Waals surface area contributed by atoms with E-state index in [1.165, 1.54) is 0 Å². The second-order valence-electron chi connectivity index (χ2n) is 2.90. The third-order valence-electron chi connectivity index (χ3n) is 1.71. The van der Waals surface area contributed by atoms with Gasteiger partial charge in [-0.3, -0.25) is 4.79 Å². The van der Waals surface area contributed by atoms with Crippen LogP contribution in [0.25, 0.3) is 10.4 Å². The van der Waals surface area contributed by atoms with E-state index in [1.807, 2.05) is 30.3 Å². The summed E-state index contributed by atoms with van der Waals surface area (Å²) >= 11 is 0. The van der Waals surface area contributed by atoms with Gasteiger partial charge in [-0.25, -0.2) is 0 Å². The summed E-state index contributed by atoms with van der Waals surface area (Å²) in [7, 11) is 0. The van der Waals surface area contributed by atoms with E-state index in [0.717, 1.165) is 5.75 Å². The molecule has 0 heterocycles. The van der Waals surface area contributed by atoms with Crippen LogP contribution in [-0.2, 0) is 4.79 Å². The maximum absolute atomic E-state index is 11.0. The van der Waals surface area contributed by atoms with Crippen molar-refractivity contribution in [2.75, 3.05) is 19.7 Å². The van der Waals surface area contributed by atoms with Gasteiger partial charge in [-0.05, 0) is 17.7 Å². The fourth-order valence-electron chi connectivity index (χ4n) is 1.03. The molecule has 0 fully saturated rings. The number of rotatable bonds is 6. The summed E-state index contributed by atoms with van der Waals surface area (Å²) in [6, 6.07) is 9.31. The lowest BCUT2D eigenvalue weighted by atomic mass is 10.3. The fraction of sp³-hybridized carbons (Fsp3) is 0.300. The number of nitrogens with zero attached hydrogens (tertiary/aromatic N) is 3. The van der Waals surface area contributed by atoms with Gasteiger partial charge in [-0.1, -0.05) is 23.3 Å². The number of carbonyl (C=O) groups is 1. The summed E-state index contributed by atoms with van der Waals surface area (Å²) in [5.41, 5.74) is 7.99. The van der Waals surface area contributed by atoms with E-state index in [1.54, 1.807) is 0 Å². The van der Waals surface area contributed by atoms with Gasteiger partial charge >= 0.3 is 0 Å². The van der Waals surface area contributed by atoms with Crippen LogP contribution >= 0.6 is 0 Å². The molecule has 0 aliphatic rings. The van der Waals surface area contributed by atoms with E-state index in [9.17, 15) is 4.79 Å². The number of hydrogen-bond acceptors (Lipinski definition) is 3. The summed E-state index contributed by atoms with van der Waals surface area (Å²) in [6.45, 7) is 0.586. The Bertz CT molecular complexity index is 374. The van der Waals surface area contributed by atoms with Gasteiger partial charge in [0, 0.05) is 4.91 Å². The van der Waals surface area contributed by atoms with Crippen molar-refractivity contribution in [3.05, 3.63) is 40.8 Å². The van der Waals surface area contributed by atoms with Crippen molar-refractivity contribution < 1.29 is 9.53 Å². The van der Waals surface area contributed by atoms with Gasteiger partial charge in [0.1, 0.15) is 18.9 Å². The summed E-state index contributed by atoms with van der Waals surface area (Å²) < 4.78 is 5.34. The number of para-hydroxylation sites is 1. The number of azide groups is 1. The zero-order valence-electron chi connectivity index (χ0n) is 8.67. The van der Waals surface area contributed by atoms with Crippen LogP contribution in [0.2, 0.25) is 0 Å². The highest BCUT2D eigenvalue weighted by Crippen LogP contribution is 2.07. The van der Waals surface area contributed by atoms with Gasteiger partial charge in [0.25, 0.3) is 0 Å². The molecular formula is C10H12N4O2. The summed E-state index contributed by atoms with van der Waals surface area (Å²) in [5.74, 6) is 0.446. The van der Waals surface area contributed by atoms with Crippen LogP contribution in [0.1, 0.15) is 0 Å². The van der Waals surface area contributed by atoms with E-state index in [2.05, 4.69) is 15.3 Å². The van der Waals surface area contributed by atoms with Gasteiger partial charge in [0.05, 0.1) is 6.54 Å². The monoisotopic (exact) mass is 220 g/mol. The van der Waals surface area contributed by atoms with Crippen LogP contribution in [0.15, 0.2) is 35.4 Å². The minimum absolute atomic E-state index is 0.179. The van der Waals surface area contributed by atoms with Crippen molar-refractivity contribution in [3.8, 4) is 5.75 Å². The molecule has 0 radical (unpaired) electrons.